The second-order valence-electron chi connectivity index (χ2n) is 5.93. The molecule has 0 amide bonds. The summed E-state index contributed by atoms with van der Waals surface area (Å²) in [7, 11) is 0. The van der Waals surface area contributed by atoms with Gasteiger partial charge in [0.25, 0.3) is 0 Å². The Hall–Kier alpha value is -4.04. The summed E-state index contributed by atoms with van der Waals surface area (Å²) in [5.41, 5.74) is 3.69. The number of benzene rings is 2. The highest BCUT2D eigenvalue weighted by Gasteiger charge is 2.20. The average Bonchev–Trinajstić information content (AvgIpc) is 2.66. The fraction of sp³-hybridized carbons (Fsp3) is 0.200. The van der Waals surface area contributed by atoms with Crippen molar-refractivity contribution in [3.63, 3.8) is 0 Å². The molecule has 8 heteroatoms. The summed E-state index contributed by atoms with van der Waals surface area (Å²) in [5, 5.41) is 0. The molecule has 0 fully saturated rings. The van der Waals surface area contributed by atoms with Crippen molar-refractivity contribution >= 4 is 47.1 Å². The second kappa shape index (κ2) is 9.06. The van der Waals surface area contributed by atoms with E-state index in [-0.39, 0.29) is 0 Å². The maximum Gasteiger partial charge on any atom is 0.240 e. The van der Waals surface area contributed by atoms with Crippen molar-refractivity contribution in [2.75, 3.05) is 0 Å². The van der Waals surface area contributed by atoms with Crippen LogP contribution in [0.2, 0.25) is 0 Å². The van der Waals surface area contributed by atoms with Gasteiger partial charge in [0.1, 0.15) is 0 Å². The first-order valence-electron chi connectivity index (χ1n) is 8.07. The van der Waals surface area contributed by atoms with Crippen molar-refractivity contribution in [2.45, 2.75) is 26.7 Å². The zero-order valence-corrected chi connectivity index (χ0v) is 15.3. The number of hydrogen-bond donors (Lipinski definition) is 0. The lowest BCUT2D eigenvalue weighted by Gasteiger charge is -2.18. The second-order valence-corrected chi connectivity index (χ2v) is 5.93. The molecule has 8 nitrogen and oxygen atoms in total. The molecule has 0 heterocycles. The van der Waals surface area contributed by atoms with Crippen LogP contribution in [0.1, 0.15) is 35.1 Å². The van der Waals surface area contributed by atoms with Gasteiger partial charge in [-0.25, -0.2) is 19.2 Å². The normalized spacial score (nSPS) is 10.5. The molecule has 0 saturated heterocycles. The number of rotatable bonds is 6. The van der Waals surface area contributed by atoms with E-state index in [0.717, 1.165) is 0 Å². The third-order valence-corrected chi connectivity index (χ3v) is 4.29. The lowest BCUT2D eigenvalue weighted by atomic mass is 9.88. The molecule has 0 radical (unpaired) electrons. The molecule has 2 rings (SSSR count). The molecule has 0 aromatic heterocycles. The standard InChI is InChI=1S/C20H14N4O4/c1-12-4-19(23-10-27)15(6-17(12)21-8-25)14(3)16-7-18(22-9-26)13(2)5-20(16)24-11-28/h4-7,14H,1-3H3. The molecule has 0 N–H and O–H groups in total. The molecule has 0 spiro atoms. The van der Waals surface area contributed by atoms with Gasteiger partial charge in [-0.05, 0) is 60.4 Å². The lowest BCUT2D eigenvalue weighted by Crippen LogP contribution is -1.99. The van der Waals surface area contributed by atoms with Gasteiger partial charge in [0.05, 0.1) is 22.7 Å². The molecule has 0 aliphatic heterocycles. The number of aliphatic imine (C=N–C) groups is 4. The summed E-state index contributed by atoms with van der Waals surface area (Å²) in [6, 6.07) is 6.37. The Labute approximate surface area is 160 Å². The van der Waals surface area contributed by atoms with Gasteiger partial charge < -0.3 is 0 Å². The van der Waals surface area contributed by atoms with Gasteiger partial charge in [-0.2, -0.15) is 20.0 Å². The van der Waals surface area contributed by atoms with Crippen LogP contribution >= 0.6 is 0 Å². The van der Waals surface area contributed by atoms with E-state index in [2.05, 4.69) is 20.0 Å². The summed E-state index contributed by atoms with van der Waals surface area (Å²) in [6.07, 6.45) is 5.98. The third kappa shape index (κ3) is 4.19. The van der Waals surface area contributed by atoms with Crippen LogP contribution < -0.4 is 0 Å². The fourth-order valence-corrected chi connectivity index (χ4v) is 2.89. The summed E-state index contributed by atoms with van der Waals surface area (Å²) < 4.78 is 0. The van der Waals surface area contributed by atoms with Gasteiger partial charge in [0.15, 0.2) is 0 Å². The number of carbonyl (C=O) groups excluding carboxylic acids is 4. The van der Waals surface area contributed by atoms with E-state index in [9.17, 15) is 19.2 Å². The SMILES string of the molecule is Cc1cc(N=C=O)c(C(C)c2cc(N=C=O)c(C)cc2N=C=O)cc1N=C=O. The molecule has 2 aromatic rings. The Morgan fingerprint density at radius 1 is 0.607 bits per heavy atom. The van der Waals surface area contributed by atoms with E-state index in [1.54, 1.807) is 45.0 Å². The fourth-order valence-electron chi connectivity index (χ4n) is 2.89. The van der Waals surface area contributed by atoms with Crippen LogP contribution in [-0.4, -0.2) is 24.3 Å². The van der Waals surface area contributed by atoms with Crippen molar-refractivity contribution in [1.82, 2.24) is 0 Å². The molecule has 0 aliphatic carbocycles. The van der Waals surface area contributed by atoms with Crippen LogP contribution in [0, 0.1) is 13.8 Å². The Morgan fingerprint density at radius 3 is 1.25 bits per heavy atom. The predicted molar refractivity (Wildman–Crippen MR) is 101 cm³/mol. The topological polar surface area (TPSA) is 118 Å². The predicted octanol–water partition coefficient (Wildman–Crippen LogP) is 4.32. The number of nitrogens with zero attached hydrogens (tertiary/aromatic N) is 4. The largest absolute Gasteiger partial charge is 0.240 e. The van der Waals surface area contributed by atoms with Crippen molar-refractivity contribution in [2.24, 2.45) is 20.0 Å². The van der Waals surface area contributed by atoms with Crippen molar-refractivity contribution in [3.05, 3.63) is 46.5 Å². The van der Waals surface area contributed by atoms with E-state index in [1.807, 2.05) is 0 Å². The van der Waals surface area contributed by atoms with Gasteiger partial charge in [0, 0.05) is 5.92 Å². The zero-order chi connectivity index (χ0) is 20.7. The highest BCUT2D eigenvalue weighted by Crippen LogP contribution is 2.41. The Kier molecular flexibility index (Phi) is 6.56. The third-order valence-electron chi connectivity index (χ3n) is 4.29. The maximum atomic E-state index is 10.9. The Bertz CT molecular complexity index is 1040. The van der Waals surface area contributed by atoms with Crippen molar-refractivity contribution < 1.29 is 19.2 Å². The Balaban J connectivity index is 2.82. The summed E-state index contributed by atoms with van der Waals surface area (Å²) in [5.74, 6) is -0.457. The molecule has 0 aliphatic rings. The number of aryl methyl sites for hydroxylation is 2. The van der Waals surface area contributed by atoms with Crippen LogP contribution in [0.25, 0.3) is 0 Å². The van der Waals surface area contributed by atoms with Crippen LogP contribution in [0.3, 0.4) is 0 Å². The molecular formula is C20H14N4O4. The quantitative estimate of drug-likeness (QED) is 0.552. The van der Waals surface area contributed by atoms with Crippen LogP contribution in [-0.2, 0) is 19.2 Å². The van der Waals surface area contributed by atoms with Crippen molar-refractivity contribution in [3.8, 4) is 0 Å². The minimum absolute atomic E-state index is 0.326. The van der Waals surface area contributed by atoms with Gasteiger partial charge in [-0.1, -0.05) is 6.92 Å². The van der Waals surface area contributed by atoms with Crippen LogP contribution in [0.5, 0.6) is 0 Å². The van der Waals surface area contributed by atoms with Crippen molar-refractivity contribution in [1.29, 1.82) is 0 Å². The molecule has 0 atom stereocenters. The van der Waals surface area contributed by atoms with Crippen LogP contribution in [0.15, 0.2) is 44.2 Å². The van der Waals surface area contributed by atoms with E-state index in [4.69, 9.17) is 0 Å². The summed E-state index contributed by atoms with van der Waals surface area (Å²) in [4.78, 5) is 57.9. The molecule has 138 valence electrons. The van der Waals surface area contributed by atoms with E-state index in [0.29, 0.717) is 45.0 Å². The molecule has 0 unspecified atom stereocenters. The summed E-state index contributed by atoms with van der Waals surface area (Å²) in [6.45, 7) is 5.20. The molecule has 0 saturated carbocycles. The van der Waals surface area contributed by atoms with Crippen LogP contribution in [0.4, 0.5) is 22.7 Å². The molecular weight excluding hydrogens is 360 g/mol. The lowest BCUT2D eigenvalue weighted by molar-refractivity contribution is 0.564. The number of hydrogen-bond acceptors (Lipinski definition) is 8. The molecule has 0 bridgehead atoms. The monoisotopic (exact) mass is 374 g/mol. The van der Waals surface area contributed by atoms with E-state index < -0.39 is 5.92 Å². The van der Waals surface area contributed by atoms with E-state index >= 15 is 0 Å². The smallest absolute Gasteiger partial charge is 0.211 e. The zero-order valence-electron chi connectivity index (χ0n) is 15.3. The first-order valence-corrected chi connectivity index (χ1v) is 8.07. The van der Waals surface area contributed by atoms with Gasteiger partial charge in [0.2, 0.25) is 24.3 Å². The van der Waals surface area contributed by atoms with Gasteiger partial charge >= 0.3 is 0 Å². The maximum absolute atomic E-state index is 10.9. The number of isocyanates is 4. The average molecular weight is 374 g/mol. The summed E-state index contributed by atoms with van der Waals surface area (Å²) >= 11 is 0. The highest BCUT2D eigenvalue weighted by atomic mass is 16.1. The molecule has 2 aromatic carbocycles. The first-order chi connectivity index (χ1) is 13.5. The molecule has 28 heavy (non-hydrogen) atoms. The van der Waals surface area contributed by atoms with E-state index in [1.165, 1.54) is 24.3 Å². The first kappa shape index (κ1) is 20.3. The Morgan fingerprint density at radius 2 is 0.929 bits per heavy atom. The minimum Gasteiger partial charge on any atom is -0.211 e. The minimum atomic E-state index is -0.457. The van der Waals surface area contributed by atoms with Gasteiger partial charge in [-0.15, -0.1) is 0 Å². The van der Waals surface area contributed by atoms with Gasteiger partial charge in [-0.3, -0.25) is 0 Å². The highest BCUT2D eigenvalue weighted by molar-refractivity contribution is 5.70.